The second-order valence-corrected chi connectivity index (χ2v) is 7.34. The lowest BCUT2D eigenvalue weighted by Crippen LogP contribution is -2.32. The predicted molar refractivity (Wildman–Crippen MR) is 112 cm³/mol. The Bertz CT molecular complexity index is 868. The molecule has 5 nitrogen and oxygen atoms in total. The predicted octanol–water partition coefficient (Wildman–Crippen LogP) is 4.24. The number of hydrogen-bond donors (Lipinski definition) is 0. The molecule has 0 spiro atoms. The third-order valence-corrected chi connectivity index (χ3v) is 5.07. The van der Waals surface area contributed by atoms with Crippen molar-refractivity contribution < 1.29 is 9.47 Å². The van der Waals surface area contributed by atoms with E-state index in [2.05, 4.69) is 33.1 Å². The minimum atomic E-state index is 0.292. The van der Waals surface area contributed by atoms with Gasteiger partial charge in [0.05, 0.1) is 17.5 Å². The van der Waals surface area contributed by atoms with Crippen LogP contribution in [0.1, 0.15) is 29.8 Å². The Kier molecular flexibility index (Phi) is 6.84. The first kappa shape index (κ1) is 19.6. The molecule has 1 aliphatic rings. The van der Waals surface area contributed by atoms with E-state index in [1.807, 2.05) is 48.7 Å². The highest BCUT2D eigenvalue weighted by Gasteiger charge is 2.20. The first-order chi connectivity index (χ1) is 14.4. The highest BCUT2D eigenvalue weighted by Crippen LogP contribution is 2.23. The monoisotopic (exact) mass is 389 g/mol. The van der Waals surface area contributed by atoms with Gasteiger partial charge in [-0.15, -0.1) is 0 Å². The summed E-state index contributed by atoms with van der Waals surface area (Å²) in [6.07, 6.45) is 6.20. The molecular formula is C24H27N3O2. The van der Waals surface area contributed by atoms with Crippen molar-refractivity contribution in [3.63, 3.8) is 0 Å². The number of ether oxygens (including phenoxy) is 2. The zero-order chi connectivity index (χ0) is 19.7. The second-order valence-electron chi connectivity index (χ2n) is 7.34. The molecule has 3 aromatic rings. The van der Waals surface area contributed by atoms with Crippen molar-refractivity contribution in [2.45, 2.75) is 38.6 Å². The first-order valence-electron chi connectivity index (χ1n) is 10.2. The average molecular weight is 389 g/mol. The Labute approximate surface area is 172 Å². The topological polar surface area (TPSA) is 47.5 Å². The van der Waals surface area contributed by atoms with Gasteiger partial charge in [-0.05, 0) is 43.2 Å². The molecule has 0 saturated carbocycles. The van der Waals surface area contributed by atoms with Gasteiger partial charge in [0.15, 0.2) is 0 Å². The maximum absolute atomic E-state index is 6.11. The summed E-state index contributed by atoms with van der Waals surface area (Å²) < 4.78 is 12.0. The zero-order valence-electron chi connectivity index (χ0n) is 16.6. The van der Waals surface area contributed by atoms with Gasteiger partial charge in [-0.25, -0.2) is 0 Å². The van der Waals surface area contributed by atoms with Crippen LogP contribution >= 0.6 is 0 Å². The summed E-state index contributed by atoms with van der Waals surface area (Å²) >= 11 is 0. The van der Waals surface area contributed by atoms with Gasteiger partial charge in [0, 0.05) is 44.2 Å². The molecule has 1 saturated heterocycles. The molecule has 0 amide bonds. The first-order valence-corrected chi connectivity index (χ1v) is 10.2. The molecule has 0 unspecified atom stereocenters. The number of rotatable bonds is 9. The van der Waals surface area contributed by atoms with E-state index in [1.54, 1.807) is 6.20 Å². The maximum Gasteiger partial charge on any atom is 0.130 e. The van der Waals surface area contributed by atoms with E-state index in [-0.39, 0.29) is 0 Å². The van der Waals surface area contributed by atoms with E-state index in [1.165, 1.54) is 0 Å². The van der Waals surface area contributed by atoms with Crippen LogP contribution in [0.4, 0.5) is 0 Å². The second kappa shape index (κ2) is 10.1. The minimum Gasteiger partial charge on any atom is -0.487 e. The van der Waals surface area contributed by atoms with Gasteiger partial charge in [0.25, 0.3) is 0 Å². The molecule has 1 aliphatic heterocycles. The summed E-state index contributed by atoms with van der Waals surface area (Å²) in [5.74, 6) is 0.900. The molecule has 1 aromatic carbocycles. The standard InChI is InChI=1S/C24H27N3O2/c1-2-12-24(29-19-22-10-4-6-14-26-22)20(8-1)16-27(18-23-11-7-15-28-23)17-21-9-3-5-13-25-21/h1-6,8-10,12-14,23H,7,11,15-19H2/t23-/m1/s1. The average Bonchev–Trinajstić information content (AvgIpc) is 3.28. The van der Waals surface area contributed by atoms with E-state index in [4.69, 9.17) is 9.47 Å². The number of para-hydroxylation sites is 1. The van der Waals surface area contributed by atoms with Crippen molar-refractivity contribution in [3.8, 4) is 5.75 Å². The van der Waals surface area contributed by atoms with Gasteiger partial charge in [0.1, 0.15) is 12.4 Å². The highest BCUT2D eigenvalue weighted by molar-refractivity contribution is 5.33. The summed E-state index contributed by atoms with van der Waals surface area (Å²) in [6, 6.07) is 20.2. The molecule has 0 radical (unpaired) electrons. The fourth-order valence-electron chi connectivity index (χ4n) is 3.63. The summed E-state index contributed by atoms with van der Waals surface area (Å²) in [6.45, 7) is 3.80. The molecular weight excluding hydrogens is 362 g/mol. The number of hydrogen-bond acceptors (Lipinski definition) is 5. The summed E-state index contributed by atoms with van der Waals surface area (Å²) in [5, 5.41) is 0. The van der Waals surface area contributed by atoms with E-state index in [0.717, 1.165) is 61.8 Å². The largest absolute Gasteiger partial charge is 0.487 e. The fourth-order valence-corrected chi connectivity index (χ4v) is 3.63. The zero-order valence-corrected chi connectivity index (χ0v) is 16.6. The van der Waals surface area contributed by atoms with Gasteiger partial charge < -0.3 is 9.47 Å². The van der Waals surface area contributed by atoms with Crippen molar-refractivity contribution in [1.82, 2.24) is 14.9 Å². The molecule has 150 valence electrons. The number of aromatic nitrogens is 2. The normalized spacial score (nSPS) is 16.2. The van der Waals surface area contributed by atoms with Crippen molar-refractivity contribution >= 4 is 0 Å². The SMILES string of the molecule is c1ccc(COc2ccccc2CN(Cc2ccccn2)C[C@H]2CCCO2)nc1. The van der Waals surface area contributed by atoms with Crippen LogP contribution in [0.2, 0.25) is 0 Å². The Morgan fingerprint density at radius 1 is 0.897 bits per heavy atom. The van der Waals surface area contributed by atoms with Gasteiger partial charge in [-0.1, -0.05) is 30.3 Å². The van der Waals surface area contributed by atoms with Crippen LogP contribution in [0, 0.1) is 0 Å². The summed E-state index contributed by atoms with van der Waals surface area (Å²) in [7, 11) is 0. The van der Waals surface area contributed by atoms with Crippen molar-refractivity contribution in [2.75, 3.05) is 13.2 Å². The van der Waals surface area contributed by atoms with Crippen LogP contribution in [0.3, 0.4) is 0 Å². The molecule has 4 rings (SSSR count). The van der Waals surface area contributed by atoms with Gasteiger partial charge in [0.2, 0.25) is 0 Å². The van der Waals surface area contributed by atoms with E-state index in [9.17, 15) is 0 Å². The van der Waals surface area contributed by atoms with Crippen LogP contribution in [0.25, 0.3) is 0 Å². The third-order valence-electron chi connectivity index (χ3n) is 5.07. The van der Waals surface area contributed by atoms with Gasteiger partial charge in [-0.2, -0.15) is 0 Å². The van der Waals surface area contributed by atoms with Crippen molar-refractivity contribution in [2.24, 2.45) is 0 Å². The molecule has 0 aliphatic carbocycles. The smallest absolute Gasteiger partial charge is 0.130 e. The Morgan fingerprint density at radius 2 is 1.66 bits per heavy atom. The minimum absolute atomic E-state index is 0.292. The van der Waals surface area contributed by atoms with Gasteiger partial charge >= 0.3 is 0 Å². The lowest BCUT2D eigenvalue weighted by atomic mass is 10.1. The summed E-state index contributed by atoms with van der Waals surface area (Å²) in [5.41, 5.74) is 3.15. The van der Waals surface area contributed by atoms with Crippen LogP contribution in [-0.4, -0.2) is 34.1 Å². The molecule has 29 heavy (non-hydrogen) atoms. The molecule has 1 fully saturated rings. The lowest BCUT2D eigenvalue weighted by molar-refractivity contribution is 0.0671. The van der Waals surface area contributed by atoms with Crippen molar-refractivity contribution in [1.29, 1.82) is 0 Å². The van der Waals surface area contributed by atoms with Crippen LogP contribution in [0.5, 0.6) is 5.75 Å². The molecule has 5 heteroatoms. The third kappa shape index (κ3) is 5.86. The van der Waals surface area contributed by atoms with E-state index >= 15 is 0 Å². The lowest BCUT2D eigenvalue weighted by Gasteiger charge is -2.26. The molecule has 2 aromatic heterocycles. The number of nitrogens with zero attached hydrogens (tertiary/aromatic N) is 3. The highest BCUT2D eigenvalue weighted by atomic mass is 16.5. The van der Waals surface area contributed by atoms with Crippen molar-refractivity contribution in [3.05, 3.63) is 90.0 Å². The Morgan fingerprint density at radius 3 is 2.38 bits per heavy atom. The number of pyridine rings is 2. The quantitative estimate of drug-likeness (QED) is 0.548. The summed E-state index contributed by atoms with van der Waals surface area (Å²) in [4.78, 5) is 11.3. The fraction of sp³-hybridized carbons (Fsp3) is 0.333. The van der Waals surface area contributed by atoms with Crippen LogP contribution in [0.15, 0.2) is 73.1 Å². The van der Waals surface area contributed by atoms with Gasteiger partial charge in [-0.3, -0.25) is 14.9 Å². The van der Waals surface area contributed by atoms with E-state index < -0.39 is 0 Å². The van der Waals surface area contributed by atoms with Crippen LogP contribution < -0.4 is 4.74 Å². The molecule has 0 bridgehead atoms. The van der Waals surface area contributed by atoms with E-state index in [0.29, 0.717) is 12.7 Å². The molecule has 1 atom stereocenters. The van der Waals surface area contributed by atoms with Crippen LogP contribution in [-0.2, 0) is 24.4 Å². The Balaban J connectivity index is 1.47. The molecule has 0 N–H and O–H groups in total. The molecule has 3 heterocycles. The number of benzene rings is 1. The Hall–Kier alpha value is -2.76. The maximum atomic E-state index is 6.11.